The highest BCUT2D eigenvalue weighted by atomic mass is 19.1. The van der Waals surface area contributed by atoms with E-state index in [4.69, 9.17) is 10.7 Å². The maximum Gasteiger partial charge on any atom is 0.130 e. The summed E-state index contributed by atoms with van der Waals surface area (Å²) in [4.78, 5) is 9.60. The average Bonchev–Trinajstić information content (AvgIpc) is 3.27. The standard InChI is InChI=1S/C24H22FN5/c25-20-8-4-7-19(14-20)22-9-1-2-12-30(22)23(27)10-11-24-28-16-21(29-24)18-6-3-5-17(13-18)15-26/h3-8,10-11,13-14,16,22,27H,1-2,9,12H2,(H,28,29)/b11-10-,27-23?. The molecule has 2 heterocycles. The maximum atomic E-state index is 13.7. The molecule has 6 heteroatoms. The van der Waals surface area contributed by atoms with Crippen LogP contribution in [0.15, 0.2) is 60.8 Å². The third-order valence-corrected chi connectivity index (χ3v) is 5.34. The zero-order chi connectivity index (χ0) is 20.9. The Bertz CT molecular complexity index is 1120. The second-order valence-electron chi connectivity index (χ2n) is 7.35. The predicted octanol–water partition coefficient (Wildman–Crippen LogP) is 5.31. The molecule has 1 fully saturated rings. The average molecular weight is 399 g/mol. The number of nitriles is 1. The van der Waals surface area contributed by atoms with Gasteiger partial charge in [-0.15, -0.1) is 0 Å². The van der Waals surface area contributed by atoms with Crippen LogP contribution in [0.5, 0.6) is 0 Å². The predicted molar refractivity (Wildman–Crippen MR) is 115 cm³/mol. The van der Waals surface area contributed by atoms with E-state index in [0.29, 0.717) is 17.2 Å². The van der Waals surface area contributed by atoms with Crippen LogP contribution in [0, 0.1) is 22.6 Å². The van der Waals surface area contributed by atoms with Gasteiger partial charge in [0.25, 0.3) is 0 Å². The van der Waals surface area contributed by atoms with Crippen LogP contribution < -0.4 is 0 Å². The summed E-state index contributed by atoms with van der Waals surface area (Å²) in [5.74, 6) is 0.772. The minimum absolute atomic E-state index is 0.00693. The van der Waals surface area contributed by atoms with Gasteiger partial charge in [0.2, 0.25) is 0 Å². The molecule has 30 heavy (non-hydrogen) atoms. The van der Waals surface area contributed by atoms with Crippen LogP contribution in [0.2, 0.25) is 0 Å². The lowest BCUT2D eigenvalue weighted by Gasteiger charge is -2.37. The lowest BCUT2D eigenvalue weighted by molar-refractivity contribution is 0.244. The van der Waals surface area contributed by atoms with Crippen molar-refractivity contribution in [2.24, 2.45) is 0 Å². The molecular formula is C24H22FN5. The van der Waals surface area contributed by atoms with Crippen LogP contribution in [0.25, 0.3) is 17.3 Å². The van der Waals surface area contributed by atoms with Gasteiger partial charge in [0.05, 0.1) is 29.6 Å². The molecule has 0 aliphatic carbocycles. The highest BCUT2D eigenvalue weighted by molar-refractivity contribution is 5.94. The van der Waals surface area contributed by atoms with Crippen molar-refractivity contribution in [2.45, 2.75) is 25.3 Å². The number of H-pyrrole nitrogens is 1. The Hall–Kier alpha value is -3.72. The van der Waals surface area contributed by atoms with E-state index in [-0.39, 0.29) is 11.9 Å². The second kappa shape index (κ2) is 8.75. The highest BCUT2D eigenvalue weighted by Crippen LogP contribution is 2.31. The molecule has 4 rings (SSSR count). The molecule has 2 N–H and O–H groups in total. The number of benzene rings is 2. The van der Waals surface area contributed by atoms with E-state index in [1.165, 1.54) is 6.07 Å². The first-order chi connectivity index (χ1) is 14.6. The van der Waals surface area contributed by atoms with Gasteiger partial charge in [-0.1, -0.05) is 24.3 Å². The number of hydrogen-bond acceptors (Lipinski definition) is 3. The van der Waals surface area contributed by atoms with E-state index in [0.717, 1.165) is 42.6 Å². The number of likely N-dealkylation sites (tertiary alicyclic amines) is 1. The first-order valence-electron chi connectivity index (χ1n) is 9.98. The largest absolute Gasteiger partial charge is 0.350 e. The summed E-state index contributed by atoms with van der Waals surface area (Å²) in [7, 11) is 0. The summed E-state index contributed by atoms with van der Waals surface area (Å²) in [6.45, 7) is 0.773. The Kier molecular flexibility index (Phi) is 5.71. The van der Waals surface area contributed by atoms with Crippen LogP contribution in [-0.4, -0.2) is 27.2 Å². The van der Waals surface area contributed by atoms with Crippen molar-refractivity contribution in [3.05, 3.63) is 83.6 Å². The molecule has 5 nitrogen and oxygen atoms in total. The van der Waals surface area contributed by atoms with Crippen LogP contribution in [0.3, 0.4) is 0 Å². The van der Waals surface area contributed by atoms with E-state index in [2.05, 4.69) is 16.0 Å². The number of nitrogens with zero attached hydrogens (tertiary/aromatic N) is 3. The Morgan fingerprint density at radius 2 is 2.10 bits per heavy atom. The van der Waals surface area contributed by atoms with Crippen LogP contribution in [0.1, 0.15) is 42.3 Å². The monoisotopic (exact) mass is 399 g/mol. The number of rotatable bonds is 4. The molecule has 0 bridgehead atoms. The Morgan fingerprint density at radius 1 is 1.23 bits per heavy atom. The van der Waals surface area contributed by atoms with Gasteiger partial charge in [0.1, 0.15) is 17.5 Å². The van der Waals surface area contributed by atoms with Gasteiger partial charge in [-0.3, -0.25) is 5.41 Å². The van der Waals surface area contributed by atoms with E-state index in [1.54, 1.807) is 42.6 Å². The smallest absolute Gasteiger partial charge is 0.130 e. The molecule has 1 aromatic heterocycles. The van der Waals surface area contributed by atoms with E-state index < -0.39 is 0 Å². The zero-order valence-corrected chi connectivity index (χ0v) is 16.5. The summed E-state index contributed by atoms with van der Waals surface area (Å²) in [6, 6.07) is 16.1. The minimum atomic E-state index is -0.247. The lowest BCUT2D eigenvalue weighted by atomic mass is 9.95. The van der Waals surface area contributed by atoms with Gasteiger partial charge in [-0.2, -0.15) is 5.26 Å². The topological polar surface area (TPSA) is 79.6 Å². The SMILES string of the molecule is N#Cc1cccc(-c2cnc(/C=C\C(=N)N3CCCCC3c3cccc(F)c3)[nH]2)c1. The Balaban J connectivity index is 1.50. The maximum absolute atomic E-state index is 13.7. The highest BCUT2D eigenvalue weighted by Gasteiger charge is 2.25. The number of aromatic amines is 1. The van der Waals surface area contributed by atoms with Crippen molar-refractivity contribution in [3.8, 4) is 17.3 Å². The molecular weight excluding hydrogens is 377 g/mol. The third kappa shape index (κ3) is 4.31. The molecule has 0 saturated carbocycles. The fourth-order valence-corrected chi connectivity index (χ4v) is 3.86. The van der Waals surface area contributed by atoms with Crippen molar-refractivity contribution in [2.75, 3.05) is 6.54 Å². The summed E-state index contributed by atoms with van der Waals surface area (Å²) in [5.41, 5.74) is 3.20. The summed E-state index contributed by atoms with van der Waals surface area (Å²) >= 11 is 0. The fraction of sp³-hybridized carbons (Fsp3) is 0.208. The molecule has 1 aliphatic rings. The third-order valence-electron chi connectivity index (χ3n) is 5.34. The van der Waals surface area contributed by atoms with Crippen molar-refractivity contribution < 1.29 is 4.39 Å². The van der Waals surface area contributed by atoms with Crippen LogP contribution >= 0.6 is 0 Å². The number of amidine groups is 1. The normalized spacial score (nSPS) is 16.5. The van der Waals surface area contributed by atoms with Crippen molar-refractivity contribution in [1.29, 1.82) is 10.7 Å². The Morgan fingerprint density at radius 3 is 2.93 bits per heavy atom. The lowest BCUT2D eigenvalue weighted by Crippen LogP contribution is -2.37. The molecule has 1 aliphatic heterocycles. The first kappa shape index (κ1) is 19.6. The van der Waals surface area contributed by atoms with E-state index >= 15 is 0 Å². The van der Waals surface area contributed by atoms with Crippen molar-refractivity contribution in [1.82, 2.24) is 14.9 Å². The fourth-order valence-electron chi connectivity index (χ4n) is 3.86. The van der Waals surface area contributed by atoms with E-state index in [9.17, 15) is 4.39 Å². The molecule has 3 aromatic rings. The molecule has 0 spiro atoms. The number of halogens is 1. The molecule has 1 unspecified atom stereocenters. The van der Waals surface area contributed by atoms with E-state index in [1.807, 2.05) is 23.1 Å². The Labute approximate surface area is 175 Å². The molecule has 2 aromatic carbocycles. The van der Waals surface area contributed by atoms with Crippen LogP contribution in [0.4, 0.5) is 4.39 Å². The number of piperidine rings is 1. The molecule has 1 atom stereocenters. The van der Waals surface area contributed by atoms with Gasteiger partial charge in [-0.05, 0) is 61.2 Å². The van der Waals surface area contributed by atoms with Gasteiger partial charge in [0.15, 0.2) is 0 Å². The summed E-state index contributed by atoms with van der Waals surface area (Å²) < 4.78 is 13.7. The van der Waals surface area contributed by atoms with Gasteiger partial charge in [0, 0.05) is 12.1 Å². The van der Waals surface area contributed by atoms with Gasteiger partial charge in [-0.25, -0.2) is 9.37 Å². The van der Waals surface area contributed by atoms with Crippen molar-refractivity contribution in [3.63, 3.8) is 0 Å². The van der Waals surface area contributed by atoms with Crippen molar-refractivity contribution >= 4 is 11.9 Å². The number of aromatic nitrogens is 2. The molecule has 0 radical (unpaired) electrons. The number of nitrogens with one attached hydrogen (secondary N) is 2. The molecule has 1 saturated heterocycles. The number of imidazole rings is 1. The second-order valence-corrected chi connectivity index (χ2v) is 7.35. The zero-order valence-electron chi connectivity index (χ0n) is 16.5. The quantitative estimate of drug-likeness (QED) is 0.461. The summed E-state index contributed by atoms with van der Waals surface area (Å²) in [6.07, 6.45) is 8.21. The van der Waals surface area contributed by atoms with Gasteiger partial charge < -0.3 is 9.88 Å². The number of hydrogen-bond donors (Lipinski definition) is 2. The van der Waals surface area contributed by atoms with Gasteiger partial charge >= 0.3 is 0 Å². The summed E-state index contributed by atoms with van der Waals surface area (Å²) in [5, 5.41) is 17.6. The molecule has 0 amide bonds. The first-order valence-corrected chi connectivity index (χ1v) is 9.98. The molecule has 150 valence electrons. The minimum Gasteiger partial charge on any atom is -0.350 e. The van der Waals surface area contributed by atoms with Crippen LogP contribution in [-0.2, 0) is 0 Å².